The molecule has 0 unspecified atom stereocenters. The fourth-order valence-corrected chi connectivity index (χ4v) is 3.74. The molecule has 2 heterocycles. The van der Waals surface area contributed by atoms with Crippen molar-refractivity contribution < 1.29 is 9.90 Å². The highest BCUT2D eigenvalue weighted by atomic mass is 16.3. The maximum atomic E-state index is 12.3. The van der Waals surface area contributed by atoms with Crippen LogP contribution in [0.1, 0.15) is 35.2 Å². The van der Waals surface area contributed by atoms with Crippen molar-refractivity contribution in [2.45, 2.75) is 32.2 Å². The first-order valence-electron chi connectivity index (χ1n) is 10.7. The average Bonchev–Trinajstić information content (AvgIpc) is 3.48. The molecule has 1 aliphatic carbocycles. The summed E-state index contributed by atoms with van der Waals surface area (Å²) in [6.07, 6.45) is 4.62. The van der Waals surface area contributed by atoms with E-state index < -0.39 is 0 Å². The molecule has 158 valence electrons. The number of amides is 1. The third-order valence-corrected chi connectivity index (χ3v) is 5.56. The van der Waals surface area contributed by atoms with Crippen LogP contribution in [-0.4, -0.2) is 44.6 Å². The second-order valence-electron chi connectivity index (χ2n) is 8.08. The van der Waals surface area contributed by atoms with Gasteiger partial charge in [0.25, 0.3) is 5.91 Å². The van der Waals surface area contributed by atoms with Crippen molar-refractivity contribution in [3.8, 4) is 11.3 Å². The van der Waals surface area contributed by atoms with Crippen molar-refractivity contribution in [2.24, 2.45) is 0 Å². The van der Waals surface area contributed by atoms with Crippen LogP contribution < -0.4 is 10.6 Å². The molecular weight excluding hydrogens is 390 g/mol. The van der Waals surface area contributed by atoms with E-state index in [-0.39, 0.29) is 12.5 Å². The van der Waals surface area contributed by atoms with E-state index in [0.717, 1.165) is 46.3 Å². The van der Waals surface area contributed by atoms with Crippen LogP contribution in [0, 0.1) is 6.92 Å². The average molecular weight is 415 g/mol. The number of benzene rings is 2. The zero-order chi connectivity index (χ0) is 21.4. The monoisotopic (exact) mass is 415 g/mol. The Labute approximate surface area is 180 Å². The summed E-state index contributed by atoms with van der Waals surface area (Å²) in [5, 5.41) is 15.5. The second-order valence-corrected chi connectivity index (χ2v) is 8.08. The number of carbonyl (C=O) groups is 1. The summed E-state index contributed by atoms with van der Waals surface area (Å²) in [6.45, 7) is 2.78. The lowest BCUT2D eigenvalue weighted by molar-refractivity contribution is 0.0951. The molecule has 0 bridgehead atoms. The van der Waals surface area contributed by atoms with E-state index in [9.17, 15) is 4.79 Å². The Hall–Kier alpha value is -3.45. The number of anilines is 1. The van der Waals surface area contributed by atoms with Crippen LogP contribution >= 0.6 is 0 Å². The SMILES string of the molecule is Cc1ccc2c(c1)nc(NCCCO)c1ncc(-c3ccc(C(=O)NC4CC4)cc3)n12. The van der Waals surface area contributed by atoms with Gasteiger partial charge in [0.2, 0.25) is 0 Å². The van der Waals surface area contributed by atoms with Gasteiger partial charge in [-0.25, -0.2) is 9.97 Å². The van der Waals surface area contributed by atoms with E-state index in [0.29, 0.717) is 30.4 Å². The molecular formula is C24H25N5O2. The molecule has 1 aliphatic rings. The summed E-state index contributed by atoms with van der Waals surface area (Å²) >= 11 is 0. The first-order valence-corrected chi connectivity index (χ1v) is 10.7. The number of aryl methyl sites for hydroxylation is 1. The van der Waals surface area contributed by atoms with Crippen LogP contribution in [-0.2, 0) is 0 Å². The van der Waals surface area contributed by atoms with Gasteiger partial charge >= 0.3 is 0 Å². The van der Waals surface area contributed by atoms with Crippen molar-refractivity contribution in [2.75, 3.05) is 18.5 Å². The van der Waals surface area contributed by atoms with Gasteiger partial charge in [0.15, 0.2) is 11.5 Å². The van der Waals surface area contributed by atoms with Crippen molar-refractivity contribution >= 4 is 28.4 Å². The number of nitrogens with zero attached hydrogens (tertiary/aromatic N) is 3. The van der Waals surface area contributed by atoms with Gasteiger partial charge in [-0.3, -0.25) is 9.20 Å². The minimum atomic E-state index is -0.0207. The molecule has 7 nitrogen and oxygen atoms in total. The minimum absolute atomic E-state index is 0.0207. The Morgan fingerprint density at radius 2 is 2.00 bits per heavy atom. The molecule has 7 heteroatoms. The van der Waals surface area contributed by atoms with Crippen LogP contribution in [0.2, 0.25) is 0 Å². The van der Waals surface area contributed by atoms with E-state index in [1.54, 1.807) is 0 Å². The molecule has 3 N–H and O–H groups in total. The van der Waals surface area contributed by atoms with Crippen molar-refractivity contribution in [1.29, 1.82) is 0 Å². The quantitative estimate of drug-likeness (QED) is 0.402. The summed E-state index contributed by atoms with van der Waals surface area (Å²) in [4.78, 5) is 21.8. The first kappa shape index (κ1) is 19.5. The van der Waals surface area contributed by atoms with Gasteiger partial charge in [-0.2, -0.15) is 0 Å². The lowest BCUT2D eigenvalue weighted by atomic mass is 10.1. The molecule has 0 saturated heterocycles. The van der Waals surface area contributed by atoms with Crippen LogP contribution in [0.3, 0.4) is 0 Å². The number of imidazole rings is 1. The Morgan fingerprint density at radius 3 is 2.74 bits per heavy atom. The maximum Gasteiger partial charge on any atom is 0.251 e. The smallest absolute Gasteiger partial charge is 0.251 e. The number of aromatic nitrogens is 3. The van der Waals surface area contributed by atoms with E-state index in [2.05, 4.69) is 38.2 Å². The normalized spacial score (nSPS) is 13.6. The number of fused-ring (bicyclic) bond motifs is 3. The lowest BCUT2D eigenvalue weighted by Crippen LogP contribution is -2.25. The minimum Gasteiger partial charge on any atom is -0.396 e. The number of nitrogens with one attached hydrogen (secondary N) is 2. The zero-order valence-electron chi connectivity index (χ0n) is 17.4. The van der Waals surface area contributed by atoms with Crippen LogP contribution in [0.15, 0.2) is 48.7 Å². The summed E-state index contributed by atoms with van der Waals surface area (Å²) in [5.74, 6) is 0.672. The van der Waals surface area contributed by atoms with Gasteiger partial charge in [-0.1, -0.05) is 18.2 Å². The summed E-state index contributed by atoms with van der Waals surface area (Å²) in [6, 6.07) is 14.2. The number of hydrogen-bond acceptors (Lipinski definition) is 5. The number of aliphatic hydroxyl groups excluding tert-OH is 1. The molecule has 0 radical (unpaired) electrons. The van der Waals surface area contributed by atoms with Crippen LogP contribution in [0.5, 0.6) is 0 Å². The van der Waals surface area contributed by atoms with Gasteiger partial charge in [-0.15, -0.1) is 0 Å². The van der Waals surface area contributed by atoms with Gasteiger partial charge in [-0.05, 0) is 56.0 Å². The van der Waals surface area contributed by atoms with E-state index in [1.807, 2.05) is 37.4 Å². The van der Waals surface area contributed by atoms with Crippen molar-refractivity contribution in [1.82, 2.24) is 19.7 Å². The summed E-state index contributed by atoms with van der Waals surface area (Å²) in [5.41, 5.74) is 6.29. The van der Waals surface area contributed by atoms with Crippen LogP contribution in [0.4, 0.5) is 5.82 Å². The molecule has 1 fully saturated rings. The molecule has 0 atom stereocenters. The first-order chi connectivity index (χ1) is 15.1. The highest BCUT2D eigenvalue weighted by molar-refractivity contribution is 5.95. The predicted molar refractivity (Wildman–Crippen MR) is 121 cm³/mol. The Balaban J connectivity index is 1.58. The topological polar surface area (TPSA) is 91.6 Å². The molecule has 0 aliphatic heterocycles. The second kappa shape index (κ2) is 8.00. The van der Waals surface area contributed by atoms with Crippen molar-refractivity contribution in [3.63, 3.8) is 0 Å². The van der Waals surface area contributed by atoms with E-state index in [1.165, 1.54) is 0 Å². The molecule has 0 spiro atoms. The highest BCUT2D eigenvalue weighted by Crippen LogP contribution is 2.29. The summed E-state index contributed by atoms with van der Waals surface area (Å²) in [7, 11) is 0. The lowest BCUT2D eigenvalue weighted by Gasteiger charge is -2.12. The fraction of sp³-hybridized carbons (Fsp3) is 0.292. The molecule has 4 aromatic rings. The van der Waals surface area contributed by atoms with Gasteiger partial charge in [0, 0.05) is 30.3 Å². The number of aliphatic hydroxyl groups is 1. The molecule has 31 heavy (non-hydrogen) atoms. The third-order valence-electron chi connectivity index (χ3n) is 5.56. The predicted octanol–water partition coefficient (Wildman–Crippen LogP) is 3.54. The molecule has 1 saturated carbocycles. The number of rotatable bonds is 7. The van der Waals surface area contributed by atoms with E-state index in [4.69, 9.17) is 10.1 Å². The molecule has 2 aromatic carbocycles. The number of carbonyl (C=O) groups excluding carboxylic acids is 1. The molecule has 2 aromatic heterocycles. The van der Waals surface area contributed by atoms with Gasteiger partial charge < -0.3 is 15.7 Å². The standard InChI is InChI=1S/C24H25N5O2/c1-15-3-10-20-19(13-15)28-22(25-11-2-12-30)23-26-14-21(29(20)23)16-4-6-17(7-5-16)24(31)27-18-8-9-18/h3-7,10,13-14,18,30H,2,8-9,11-12H2,1H3,(H,25,28)(H,27,31). The fourth-order valence-electron chi connectivity index (χ4n) is 3.74. The Bertz CT molecular complexity index is 1260. The molecule has 1 amide bonds. The number of hydrogen-bond donors (Lipinski definition) is 3. The largest absolute Gasteiger partial charge is 0.396 e. The highest BCUT2D eigenvalue weighted by Gasteiger charge is 2.23. The summed E-state index contributed by atoms with van der Waals surface area (Å²) < 4.78 is 2.10. The van der Waals surface area contributed by atoms with Gasteiger partial charge in [0.05, 0.1) is 22.9 Å². The Morgan fingerprint density at radius 1 is 1.19 bits per heavy atom. The zero-order valence-corrected chi connectivity index (χ0v) is 17.4. The van der Waals surface area contributed by atoms with Crippen LogP contribution in [0.25, 0.3) is 27.9 Å². The third kappa shape index (κ3) is 3.84. The van der Waals surface area contributed by atoms with Crippen molar-refractivity contribution in [3.05, 3.63) is 59.8 Å². The maximum absolute atomic E-state index is 12.3. The molecule has 5 rings (SSSR count). The van der Waals surface area contributed by atoms with E-state index >= 15 is 0 Å². The van der Waals surface area contributed by atoms with Gasteiger partial charge in [0.1, 0.15) is 0 Å². The Kier molecular flexibility index (Phi) is 5.03.